The molecule has 18 nitrogen and oxygen atoms in total. The number of likely N-dealkylation sites (tertiary alicyclic amines) is 2. The van der Waals surface area contributed by atoms with Crippen molar-refractivity contribution in [3.63, 3.8) is 0 Å². The highest BCUT2D eigenvalue weighted by Crippen LogP contribution is 2.35. The van der Waals surface area contributed by atoms with Crippen LogP contribution in [0.2, 0.25) is 0 Å². The molecule has 2 aromatic heterocycles. The van der Waals surface area contributed by atoms with Gasteiger partial charge in [-0.05, 0) is 188 Å². The standard InChI is InChI=1S/C60H70F2N10O8/c1-37(63-3)55(75)69-49(59(79)71-29-9-13-51(71)43-31-45(35-65-33-43)53(73)39-19-23-47(61)24-20-39)11-5-7-27-67-57(77)41-15-17-42(18-16-41)58(78)68-28-8-6-12-50(70-56(76)38(2)64-4)60(80)72-30-10-14-52(72)44-32-46(36-66-34-44)54(74)40-21-25-48(62)26-22-40/h15-26,31-38,49-52,63-64H,5-14,27-30H2,1-4H3,(H,67,77)(H,68,78)(H,69,75)(H,70,76). The molecule has 3 aromatic carbocycles. The molecular weight excluding hydrogens is 1030 g/mol. The molecule has 6 unspecified atom stereocenters. The average Bonchev–Trinajstić information content (AvgIpc) is 4.19. The Balaban J connectivity index is 0.870. The summed E-state index contributed by atoms with van der Waals surface area (Å²) in [5.74, 6) is -3.47. The molecule has 0 bridgehead atoms. The van der Waals surface area contributed by atoms with E-state index in [2.05, 4.69) is 41.9 Å². The van der Waals surface area contributed by atoms with Gasteiger partial charge in [0.05, 0.1) is 24.2 Å². The first-order valence-corrected chi connectivity index (χ1v) is 27.3. The van der Waals surface area contributed by atoms with Gasteiger partial charge in [0.25, 0.3) is 11.8 Å². The van der Waals surface area contributed by atoms with E-state index < -0.39 is 35.8 Å². The Kier molecular flexibility index (Phi) is 21.4. The normalized spacial score (nSPS) is 16.5. The number of halogens is 2. The van der Waals surface area contributed by atoms with Crippen LogP contribution in [0.25, 0.3) is 0 Å². The highest BCUT2D eigenvalue weighted by atomic mass is 19.1. The maximum Gasteiger partial charge on any atom is 0.251 e. The number of nitrogens with one attached hydrogen (secondary N) is 6. The van der Waals surface area contributed by atoms with Crippen LogP contribution in [0.4, 0.5) is 8.78 Å². The van der Waals surface area contributed by atoms with Gasteiger partial charge in [-0.3, -0.25) is 48.3 Å². The van der Waals surface area contributed by atoms with Gasteiger partial charge in [0.2, 0.25) is 23.6 Å². The third kappa shape index (κ3) is 15.6. The number of benzene rings is 3. The molecule has 2 aliphatic heterocycles. The summed E-state index contributed by atoms with van der Waals surface area (Å²) >= 11 is 0. The molecule has 2 aliphatic rings. The minimum Gasteiger partial charge on any atom is -0.352 e. The summed E-state index contributed by atoms with van der Waals surface area (Å²) in [5, 5.41) is 17.4. The number of unbranched alkanes of at least 4 members (excludes halogenated alkanes) is 2. The second kappa shape index (κ2) is 28.7. The van der Waals surface area contributed by atoms with Crippen molar-refractivity contribution in [2.45, 2.75) is 114 Å². The number of carbonyl (C=O) groups excluding carboxylic acids is 8. The van der Waals surface area contributed by atoms with E-state index in [1.54, 1.807) is 86.5 Å². The second-order valence-corrected chi connectivity index (χ2v) is 20.3. The molecule has 20 heteroatoms. The van der Waals surface area contributed by atoms with Crippen LogP contribution in [0, 0.1) is 11.6 Å². The number of pyridine rings is 2. The summed E-state index contributed by atoms with van der Waals surface area (Å²) in [6.07, 6.45) is 11.4. The van der Waals surface area contributed by atoms with Crippen molar-refractivity contribution < 1.29 is 47.1 Å². The number of hydrogen-bond acceptors (Lipinski definition) is 12. The van der Waals surface area contributed by atoms with Crippen LogP contribution < -0.4 is 31.9 Å². The van der Waals surface area contributed by atoms with E-state index in [-0.39, 0.29) is 72.2 Å². The molecule has 6 N–H and O–H groups in total. The Morgan fingerprint density at radius 3 is 1.24 bits per heavy atom. The number of amides is 6. The molecule has 0 radical (unpaired) electrons. The van der Waals surface area contributed by atoms with Gasteiger partial charge in [-0.1, -0.05) is 0 Å². The third-order valence-electron chi connectivity index (χ3n) is 14.8. The van der Waals surface area contributed by atoms with Crippen LogP contribution in [0.5, 0.6) is 0 Å². The summed E-state index contributed by atoms with van der Waals surface area (Å²) in [5.41, 5.74) is 3.28. The fourth-order valence-electron chi connectivity index (χ4n) is 9.92. The minimum atomic E-state index is -0.856. The molecule has 422 valence electrons. The van der Waals surface area contributed by atoms with Gasteiger partial charge in [0.1, 0.15) is 23.7 Å². The lowest BCUT2D eigenvalue weighted by Crippen LogP contribution is -2.52. The molecule has 2 saturated heterocycles. The Bertz CT molecular complexity index is 2800. The number of hydrogen-bond donors (Lipinski definition) is 6. The van der Waals surface area contributed by atoms with Crippen molar-refractivity contribution in [1.29, 1.82) is 0 Å². The van der Waals surface area contributed by atoms with Crippen LogP contribution >= 0.6 is 0 Å². The SMILES string of the molecule is CNC(C)C(=O)NC(CCCCNC(=O)c1ccc(C(=O)NCCCCC(NC(=O)C(C)NC)C(=O)N2CCCC2c2cncc(C(=O)c3ccc(F)cc3)c2)cc1)C(=O)N1CCCC1c1cncc(C(=O)c2ccc(F)cc2)c1. The number of aromatic nitrogens is 2. The molecule has 5 aromatic rings. The zero-order chi connectivity index (χ0) is 57.3. The minimum absolute atomic E-state index is 0.263. The molecule has 2 fully saturated rings. The summed E-state index contributed by atoms with van der Waals surface area (Å²) in [4.78, 5) is 120. The van der Waals surface area contributed by atoms with Crippen LogP contribution in [0.1, 0.15) is 154 Å². The van der Waals surface area contributed by atoms with Gasteiger partial charge in [-0.15, -0.1) is 0 Å². The van der Waals surface area contributed by atoms with E-state index in [1.807, 2.05) is 0 Å². The van der Waals surface area contributed by atoms with Crippen LogP contribution in [0.3, 0.4) is 0 Å². The van der Waals surface area contributed by atoms with E-state index >= 15 is 0 Å². The van der Waals surface area contributed by atoms with Crippen molar-refractivity contribution in [1.82, 2.24) is 51.7 Å². The van der Waals surface area contributed by atoms with Gasteiger partial charge in [-0.25, -0.2) is 8.78 Å². The highest BCUT2D eigenvalue weighted by molar-refractivity contribution is 6.09. The molecule has 0 saturated carbocycles. The molecule has 4 heterocycles. The van der Waals surface area contributed by atoms with Gasteiger partial charge < -0.3 is 41.7 Å². The van der Waals surface area contributed by atoms with Gasteiger partial charge in [0, 0.05) is 84.3 Å². The Morgan fingerprint density at radius 2 is 0.875 bits per heavy atom. The largest absolute Gasteiger partial charge is 0.352 e. The fraction of sp³-hybridized carbons (Fsp3) is 0.400. The molecule has 6 atom stereocenters. The van der Waals surface area contributed by atoms with E-state index in [0.717, 1.165) is 0 Å². The molecule has 80 heavy (non-hydrogen) atoms. The summed E-state index contributed by atoms with van der Waals surface area (Å²) < 4.78 is 27.1. The van der Waals surface area contributed by atoms with Gasteiger partial charge >= 0.3 is 0 Å². The lowest BCUT2D eigenvalue weighted by atomic mass is 9.99. The van der Waals surface area contributed by atoms with Crippen LogP contribution in [-0.4, -0.2) is 131 Å². The van der Waals surface area contributed by atoms with E-state index in [0.29, 0.717) is 122 Å². The predicted molar refractivity (Wildman–Crippen MR) is 295 cm³/mol. The summed E-state index contributed by atoms with van der Waals surface area (Å²) in [7, 11) is 3.30. The molecular formula is C60H70F2N10O8. The molecule has 6 amide bonds. The summed E-state index contributed by atoms with van der Waals surface area (Å²) in [6.45, 7) is 4.85. The average molecular weight is 1100 g/mol. The number of rotatable bonds is 26. The second-order valence-electron chi connectivity index (χ2n) is 20.3. The zero-order valence-electron chi connectivity index (χ0n) is 45.6. The number of carbonyl (C=O) groups is 8. The first-order chi connectivity index (χ1) is 38.6. The predicted octanol–water partition coefficient (Wildman–Crippen LogP) is 5.93. The zero-order valence-corrected chi connectivity index (χ0v) is 45.6. The lowest BCUT2D eigenvalue weighted by molar-refractivity contribution is -0.138. The Hall–Kier alpha value is -8.10. The molecule has 0 aliphatic carbocycles. The van der Waals surface area contributed by atoms with Crippen molar-refractivity contribution in [3.05, 3.63) is 166 Å². The maximum absolute atomic E-state index is 14.2. The number of nitrogens with zero attached hydrogens (tertiary/aromatic N) is 4. The van der Waals surface area contributed by atoms with E-state index in [9.17, 15) is 47.1 Å². The summed E-state index contributed by atoms with van der Waals surface area (Å²) in [6, 6.07) is 16.6. The smallest absolute Gasteiger partial charge is 0.251 e. The van der Waals surface area contributed by atoms with Gasteiger partial charge in [-0.2, -0.15) is 0 Å². The van der Waals surface area contributed by atoms with Crippen molar-refractivity contribution >= 4 is 47.0 Å². The Morgan fingerprint density at radius 1 is 0.512 bits per heavy atom. The number of ketones is 2. The Labute approximate surface area is 464 Å². The first kappa shape index (κ1) is 59.6. The van der Waals surface area contributed by atoms with Gasteiger partial charge in [0.15, 0.2) is 11.6 Å². The topological polar surface area (TPSA) is 241 Å². The van der Waals surface area contributed by atoms with Crippen LogP contribution in [0.15, 0.2) is 110 Å². The monoisotopic (exact) mass is 1100 g/mol. The molecule has 0 spiro atoms. The highest BCUT2D eigenvalue weighted by Gasteiger charge is 2.37. The third-order valence-corrected chi connectivity index (χ3v) is 14.8. The lowest BCUT2D eigenvalue weighted by Gasteiger charge is -2.30. The van der Waals surface area contributed by atoms with Crippen molar-refractivity contribution in [2.75, 3.05) is 40.3 Å². The van der Waals surface area contributed by atoms with E-state index in [1.165, 1.54) is 60.9 Å². The van der Waals surface area contributed by atoms with Crippen molar-refractivity contribution in [3.8, 4) is 0 Å². The quantitative estimate of drug-likeness (QED) is 0.0279. The maximum atomic E-state index is 14.2. The number of likely N-dealkylation sites (N-methyl/N-ethyl adjacent to an activating group) is 2. The fourth-order valence-corrected chi connectivity index (χ4v) is 9.92. The van der Waals surface area contributed by atoms with Crippen molar-refractivity contribution in [2.24, 2.45) is 0 Å². The molecule has 7 rings (SSSR count). The van der Waals surface area contributed by atoms with Crippen LogP contribution in [-0.2, 0) is 19.2 Å². The first-order valence-electron chi connectivity index (χ1n) is 27.3. The van der Waals surface area contributed by atoms with E-state index in [4.69, 9.17) is 0 Å².